The first-order valence-electron chi connectivity index (χ1n) is 10.4. The van der Waals surface area contributed by atoms with Crippen LogP contribution in [0.2, 0.25) is 0 Å². The van der Waals surface area contributed by atoms with Crippen molar-refractivity contribution in [1.82, 2.24) is 9.80 Å². The SMILES string of the molecule is C#CCN(C)Cc1ccc(CN(Cc2ccco2)[C@@H]2C[C@H]2c2ccc(F)c(F)c2)cc1. The van der Waals surface area contributed by atoms with E-state index in [1.165, 1.54) is 23.3 Å². The molecular formula is C26H26F2N2O. The quantitative estimate of drug-likeness (QED) is 0.445. The van der Waals surface area contributed by atoms with E-state index < -0.39 is 11.6 Å². The van der Waals surface area contributed by atoms with E-state index in [4.69, 9.17) is 10.8 Å². The van der Waals surface area contributed by atoms with Crippen molar-refractivity contribution in [3.05, 3.63) is 94.9 Å². The van der Waals surface area contributed by atoms with Gasteiger partial charge in [-0.05, 0) is 54.4 Å². The normalized spacial score (nSPS) is 17.8. The Hall–Kier alpha value is -2.94. The van der Waals surface area contributed by atoms with Crippen LogP contribution in [-0.4, -0.2) is 29.4 Å². The first-order chi connectivity index (χ1) is 15.0. The molecule has 0 N–H and O–H groups in total. The summed E-state index contributed by atoms with van der Waals surface area (Å²) in [6.07, 6.45) is 7.97. The van der Waals surface area contributed by atoms with Gasteiger partial charge in [-0.15, -0.1) is 6.42 Å². The molecule has 0 amide bonds. The van der Waals surface area contributed by atoms with E-state index in [1.807, 2.05) is 19.2 Å². The number of halogens is 2. The van der Waals surface area contributed by atoms with Gasteiger partial charge in [0.05, 0.1) is 19.4 Å². The number of nitrogens with zero attached hydrogens (tertiary/aromatic N) is 2. The van der Waals surface area contributed by atoms with Gasteiger partial charge >= 0.3 is 0 Å². The van der Waals surface area contributed by atoms with E-state index in [0.717, 1.165) is 30.8 Å². The molecule has 4 rings (SSSR count). The van der Waals surface area contributed by atoms with E-state index in [0.29, 0.717) is 13.1 Å². The first-order valence-corrected chi connectivity index (χ1v) is 10.4. The summed E-state index contributed by atoms with van der Waals surface area (Å²) in [5.41, 5.74) is 3.26. The Morgan fingerprint density at radius 2 is 1.74 bits per heavy atom. The predicted molar refractivity (Wildman–Crippen MR) is 117 cm³/mol. The fourth-order valence-electron chi connectivity index (χ4n) is 4.09. The zero-order valence-corrected chi connectivity index (χ0v) is 17.6. The summed E-state index contributed by atoms with van der Waals surface area (Å²) in [7, 11) is 2.00. The molecule has 2 atom stereocenters. The van der Waals surface area contributed by atoms with Crippen molar-refractivity contribution in [2.24, 2.45) is 0 Å². The fourth-order valence-corrected chi connectivity index (χ4v) is 4.09. The van der Waals surface area contributed by atoms with Gasteiger partial charge in [0.25, 0.3) is 0 Å². The van der Waals surface area contributed by atoms with Crippen LogP contribution in [0.1, 0.15) is 34.8 Å². The maximum absolute atomic E-state index is 13.7. The monoisotopic (exact) mass is 420 g/mol. The standard InChI is InChI=1S/C26H26F2N2O/c1-3-12-29(2)16-19-6-8-20(9-7-19)17-30(18-22-5-4-13-31-22)26-15-23(26)21-10-11-24(27)25(28)14-21/h1,4-11,13-14,23,26H,12,15-18H2,2H3/t23-,26+/m0/s1. The first kappa shape index (κ1) is 21.3. The lowest BCUT2D eigenvalue weighted by molar-refractivity contribution is 0.221. The minimum atomic E-state index is -0.804. The van der Waals surface area contributed by atoms with Gasteiger partial charge in [-0.3, -0.25) is 9.80 Å². The summed E-state index contributed by atoms with van der Waals surface area (Å²) in [6.45, 7) is 2.85. The maximum atomic E-state index is 13.7. The van der Waals surface area contributed by atoms with Gasteiger partial charge < -0.3 is 4.42 Å². The third-order valence-corrected chi connectivity index (χ3v) is 5.76. The Morgan fingerprint density at radius 1 is 1.00 bits per heavy atom. The second-order valence-corrected chi connectivity index (χ2v) is 8.26. The average molecular weight is 421 g/mol. The van der Waals surface area contributed by atoms with Crippen LogP contribution in [0.25, 0.3) is 0 Å². The van der Waals surface area contributed by atoms with Crippen molar-refractivity contribution < 1.29 is 13.2 Å². The van der Waals surface area contributed by atoms with Gasteiger partial charge in [0.15, 0.2) is 11.6 Å². The zero-order chi connectivity index (χ0) is 21.8. The summed E-state index contributed by atoms with van der Waals surface area (Å²) in [5.74, 6) is 2.15. The minimum absolute atomic E-state index is 0.196. The van der Waals surface area contributed by atoms with E-state index >= 15 is 0 Å². The Labute approximate surface area is 182 Å². The Morgan fingerprint density at radius 3 is 2.39 bits per heavy atom. The number of furan rings is 1. The Bertz CT molecular complexity index is 1040. The average Bonchev–Trinajstić information content (AvgIpc) is 3.39. The predicted octanol–water partition coefficient (Wildman–Crippen LogP) is 5.18. The van der Waals surface area contributed by atoms with Crippen LogP contribution in [0.4, 0.5) is 8.78 Å². The topological polar surface area (TPSA) is 19.6 Å². The lowest BCUT2D eigenvalue weighted by Gasteiger charge is -2.22. The molecule has 1 aliphatic rings. The molecule has 2 aromatic carbocycles. The highest BCUT2D eigenvalue weighted by molar-refractivity contribution is 5.30. The molecular weight excluding hydrogens is 394 g/mol. The van der Waals surface area contributed by atoms with Gasteiger partial charge in [0, 0.05) is 25.0 Å². The third kappa shape index (κ3) is 5.41. The van der Waals surface area contributed by atoms with Gasteiger partial charge in [-0.1, -0.05) is 36.3 Å². The molecule has 3 nitrogen and oxygen atoms in total. The van der Waals surface area contributed by atoms with Crippen molar-refractivity contribution >= 4 is 0 Å². The molecule has 1 fully saturated rings. The number of rotatable bonds is 9. The maximum Gasteiger partial charge on any atom is 0.159 e. The lowest BCUT2D eigenvalue weighted by atomic mass is 10.1. The van der Waals surface area contributed by atoms with Crippen molar-refractivity contribution in [2.75, 3.05) is 13.6 Å². The highest BCUT2D eigenvalue weighted by Crippen LogP contribution is 2.46. The van der Waals surface area contributed by atoms with Crippen molar-refractivity contribution in [1.29, 1.82) is 0 Å². The second-order valence-electron chi connectivity index (χ2n) is 8.26. The van der Waals surface area contributed by atoms with Crippen LogP contribution in [0.15, 0.2) is 65.3 Å². The van der Waals surface area contributed by atoms with Crippen LogP contribution in [-0.2, 0) is 19.6 Å². The van der Waals surface area contributed by atoms with Gasteiger partial charge in [0.2, 0.25) is 0 Å². The largest absolute Gasteiger partial charge is 0.468 e. The molecule has 1 aliphatic carbocycles. The van der Waals surface area contributed by atoms with Crippen molar-refractivity contribution in [2.45, 2.75) is 38.0 Å². The number of terminal acetylenes is 1. The summed E-state index contributed by atoms with van der Waals surface area (Å²) in [4.78, 5) is 4.44. The number of benzene rings is 2. The Balaban J connectivity index is 1.46. The number of hydrogen-bond donors (Lipinski definition) is 0. The van der Waals surface area contributed by atoms with E-state index in [1.54, 1.807) is 12.3 Å². The second kappa shape index (κ2) is 9.47. The highest BCUT2D eigenvalue weighted by atomic mass is 19.2. The molecule has 31 heavy (non-hydrogen) atoms. The highest BCUT2D eigenvalue weighted by Gasteiger charge is 2.43. The van der Waals surface area contributed by atoms with Crippen LogP contribution in [0.5, 0.6) is 0 Å². The molecule has 1 heterocycles. The van der Waals surface area contributed by atoms with Gasteiger partial charge in [-0.2, -0.15) is 0 Å². The van der Waals surface area contributed by atoms with Gasteiger partial charge in [-0.25, -0.2) is 8.78 Å². The van der Waals surface area contributed by atoms with E-state index in [-0.39, 0.29) is 12.0 Å². The van der Waals surface area contributed by atoms with Crippen LogP contribution >= 0.6 is 0 Å². The molecule has 1 saturated carbocycles. The molecule has 0 radical (unpaired) electrons. The molecule has 0 spiro atoms. The van der Waals surface area contributed by atoms with Crippen LogP contribution in [0, 0.1) is 24.0 Å². The zero-order valence-electron chi connectivity index (χ0n) is 17.6. The third-order valence-electron chi connectivity index (χ3n) is 5.76. The molecule has 160 valence electrons. The van der Waals surface area contributed by atoms with E-state index in [9.17, 15) is 8.78 Å². The molecule has 0 aliphatic heterocycles. The lowest BCUT2D eigenvalue weighted by Crippen LogP contribution is -2.26. The molecule has 1 aromatic heterocycles. The van der Waals surface area contributed by atoms with E-state index in [2.05, 4.69) is 40.0 Å². The molecule has 0 unspecified atom stereocenters. The summed E-state index contributed by atoms with van der Waals surface area (Å²) >= 11 is 0. The fraction of sp³-hybridized carbons (Fsp3) is 0.308. The molecule has 0 bridgehead atoms. The van der Waals surface area contributed by atoms with Gasteiger partial charge in [0.1, 0.15) is 5.76 Å². The molecule has 3 aromatic rings. The molecule has 5 heteroatoms. The molecule has 0 saturated heterocycles. The van der Waals surface area contributed by atoms with Crippen molar-refractivity contribution in [3.63, 3.8) is 0 Å². The van der Waals surface area contributed by atoms with Crippen molar-refractivity contribution in [3.8, 4) is 12.3 Å². The minimum Gasteiger partial charge on any atom is -0.468 e. The summed E-state index contributed by atoms with van der Waals surface area (Å²) in [6, 6.07) is 16.9. The summed E-state index contributed by atoms with van der Waals surface area (Å²) < 4.78 is 32.6. The summed E-state index contributed by atoms with van der Waals surface area (Å²) in [5, 5.41) is 0. The Kier molecular flexibility index (Phi) is 6.50. The van der Waals surface area contributed by atoms with Crippen LogP contribution in [0.3, 0.4) is 0 Å². The smallest absolute Gasteiger partial charge is 0.159 e. The van der Waals surface area contributed by atoms with Crippen LogP contribution < -0.4 is 0 Å². The number of hydrogen-bond acceptors (Lipinski definition) is 3.